The highest BCUT2D eigenvalue weighted by atomic mass is 16.6. The molecule has 1 spiro atoms. The molecule has 6 aliphatic heterocycles. The number of ether oxygens (including phenoxy) is 3. The Labute approximate surface area is 401 Å². The van der Waals surface area contributed by atoms with Gasteiger partial charge in [-0.2, -0.15) is 0 Å². The minimum absolute atomic E-state index is 0.0424. The lowest BCUT2D eigenvalue weighted by Gasteiger charge is -2.39. The first-order valence-electron chi connectivity index (χ1n) is 25.6. The van der Waals surface area contributed by atoms with Gasteiger partial charge in [0.15, 0.2) is 6.10 Å². The number of epoxide rings is 1. The summed E-state index contributed by atoms with van der Waals surface area (Å²) in [7, 11) is 1.72. The molecule has 5 fully saturated rings. The van der Waals surface area contributed by atoms with Crippen LogP contribution in [0.25, 0.3) is 27.7 Å². The average Bonchev–Trinajstić information content (AvgIpc) is 3.60. The third kappa shape index (κ3) is 9.37. The van der Waals surface area contributed by atoms with Crippen molar-refractivity contribution in [2.75, 3.05) is 72.7 Å². The molecule has 3 amide bonds. The van der Waals surface area contributed by atoms with Gasteiger partial charge in [-0.15, -0.1) is 0 Å². The Morgan fingerprint density at radius 3 is 2.62 bits per heavy atom. The molecule has 2 N–H and O–H groups in total. The number of aryl methyl sites for hydroxylation is 1. The van der Waals surface area contributed by atoms with Crippen molar-refractivity contribution in [2.24, 2.45) is 16.7 Å². The SMILES string of the molecule is CCn1c(-c2cccnc2[C@H](C)OC)c2c3cc(ccc31)C1=CCCN(C1)C[C@H](NC(=O)[C@H](C1CCCC1)N1CC[C@]3(CCN(C(=O)[C@H]4CO4)C3)C1)C(=O)N1CCC[C@H](N1)C(=O)OCC(C)(C)C2. The van der Waals surface area contributed by atoms with Crippen LogP contribution >= 0.6 is 0 Å². The standard InChI is InChI=1S/C53H72N8O7/c1-6-60-43-18-17-36-26-39(43)40(47(60)38-15-9-21-54-45(38)34(2)66-5)27-52(3,4)33-68-51(65)41-16-11-23-61(56-41)49(63)42(29-57-22-10-14-37(36)28-57)55-48(62)46(35-12-7-8-13-35)58-24-19-53(31-58)20-25-59(32-53)50(64)44-30-67-44/h9,14-15,17-18,21,26,34-35,41-42,44,46,56H,6-8,10-13,16,19-20,22-25,27-33H2,1-5H3,(H,55,62)/t34-,41-,42-,44+,46-,53-/m0/s1. The van der Waals surface area contributed by atoms with Gasteiger partial charge < -0.3 is 29.0 Å². The number of hydrogen-bond donors (Lipinski definition) is 2. The van der Waals surface area contributed by atoms with Crippen LogP contribution in [-0.4, -0.2) is 150 Å². The maximum absolute atomic E-state index is 15.1. The smallest absolute Gasteiger partial charge is 0.324 e. The second-order valence-electron chi connectivity index (χ2n) is 21.7. The minimum atomic E-state index is -0.848. The van der Waals surface area contributed by atoms with Crippen molar-refractivity contribution in [3.8, 4) is 11.3 Å². The number of nitrogens with zero attached hydrogens (tertiary/aromatic N) is 6. The molecule has 7 atom stereocenters. The summed E-state index contributed by atoms with van der Waals surface area (Å²) in [6.45, 7) is 15.0. The molecule has 1 aromatic carbocycles. The summed E-state index contributed by atoms with van der Waals surface area (Å²) in [6, 6.07) is 9.01. The number of carbonyl (C=O) groups is 4. The molecule has 15 nitrogen and oxygen atoms in total. The van der Waals surface area contributed by atoms with Crippen LogP contribution in [0, 0.1) is 16.7 Å². The lowest BCUT2D eigenvalue weighted by molar-refractivity contribution is -0.155. The lowest BCUT2D eigenvalue weighted by atomic mass is 9.84. The van der Waals surface area contributed by atoms with Crippen LogP contribution in [0.3, 0.4) is 0 Å². The Morgan fingerprint density at radius 1 is 1.03 bits per heavy atom. The zero-order valence-electron chi connectivity index (χ0n) is 40.9. The minimum Gasteiger partial charge on any atom is -0.464 e. The number of methoxy groups -OCH3 is 1. The number of esters is 1. The van der Waals surface area contributed by atoms with Gasteiger partial charge in [-0.3, -0.25) is 39.0 Å². The van der Waals surface area contributed by atoms with E-state index in [-0.39, 0.29) is 59.9 Å². The van der Waals surface area contributed by atoms with E-state index in [1.165, 1.54) is 11.1 Å². The number of nitrogens with one attached hydrogen (secondary N) is 2. The van der Waals surface area contributed by atoms with E-state index in [1.807, 2.05) is 24.1 Å². The highest BCUT2D eigenvalue weighted by Crippen LogP contribution is 2.44. The van der Waals surface area contributed by atoms with E-state index in [9.17, 15) is 14.4 Å². The third-order valence-corrected chi connectivity index (χ3v) is 16.3. The van der Waals surface area contributed by atoms with Crippen molar-refractivity contribution < 1.29 is 33.4 Å². The molecule has 6 bridgehead atoms. The number of hydrazine groups is 1. The van der Waals surface area contributed by atoms with Crippen molar-refractivity contribution in [1.82, 2.24) is 40.0 Å². The molecule has 15 heteroatoms. The molecule has 10 rings (SSSR count). The van der Waals surface area contributed by atoms with Gasteiger partial charge in [0, 0.05) is 93.0 Å². The summed E-state index contributed by atoms with van der Waals surface area (Å²) in [5.41, 5.74) is 10.4. The zero-order chi connectivity index (χ0) is 47.3. The molecule has 7 aliphatic rings. The fourth-order valence-electron chi connectivity index (χ4n) is 12.6. The molecule has 68 heavy (non-hydrogen) atoms. The first-order valence-corrected chi connectivity index (χ1v) is 25.6. The zero-order valence-corrected chi connectivity index (χ0v) is 40.9. The largest absolute Gasteiger partial charge is 0.464 e. The Bertz CT molecular complexity index is 2440. The van der Waals surface area contributed by atoms with Gasteiger partial charge in [0.25, 0.3) is 11.8 Å². The van der Waals surface area contributed by atoms with Crippen LogP contribution in [0.15, 0.2) is 42.6 Å². The topological polar surface area (TPSA) is 154 Å². The van der Waals surface area contributed by atoms with E-state index in [2.05, 4.69) is 76.2 Å². The number of amides is 3. The summed E-state index contributed by atoms with van der Waals surface area (Å²) in [6.07, 6.45) is 12.2. The highest BCUT2D eigenvalue weighted by Gasteiger charge is 2.51. The van der Waals surface area contributed by atoms with Crippen LogP contribution in [0.4, 0.5) is 0 Å². The highest BCUT2D eigenvalue weighted by molar-refractivity contribution is 5.95. The molecule has 2 aromatic heterocycles. The number of fused-ring (bicyclic) bond motifs is 6. The number of benzene rings is 1. The van der Waals surface area contributed by atoms with E-state index < -0.39 is 17.5 Å². The molecular formula is C53H72N8O7. The maximum atomic E-state index is 15.1. The van der Waals surface area contributed by atoms with Crippen LogP contribution in [0.5, 0.6) is 0 Å². The Kier molecular flexibility index (Phi) is 13.3. The Morgan fingerprint density at radius 2 is 1.84 bits per heavy atom. The molecule has 1 saturated carbocycles. The number of hydrogen-bond acceptors (Lipinski definition) is 11. The van der Waals surface area contributed by atoms with Gasteiger partial charge in [-0.1, -0.05) is 38.8 Å². The Hall–Kier alpha value is -4.67. The van der Waals surface area contributed by atoms with Gasteiger partial charge >= 0.3 is 5.97 Å². The molecule has 1 aliphatic carbocycles. The first kappa shape index (κ1) is 47.0. The number of carbonyl (C=O) groups excluding carboxylic acids is 4. The van der Waals surface area contributed by atoms with Crippen LogP contribution < -0.4 is 10.7 Å². The normalized spacial score (nSPS) is 28.9. The van der Waals surface area contributed by atoms with Crippen molar-refractivity contribution in [1.29, 1.82) is 0 Å². The quantitative estimate of drug-likeness (QED) is 0.207. The molecule has 366 valence electrons. The summed E-state index contributed by atoms with van der Waals surface area (Å²) >= 11 is 0. The van der Waals surface area contributed by atoms with Gasteiger partial charge in [0.2, 0.25) is 5.91 Å². The predicted octanol–water partition coefficient (Wildman–Crippen LogP) is 5.51. The molecule has 4 saturated heterocycles. The van der Waals surface area contributed by atoms with Gasteiger partial charge in [0.1, 0.15) is 12.1 Å². The second-order valence-corrected chi connectivity index (χ2v) is 21.7. The van der Waals surface area contributed by atoms with Gasteiger partial charge in [-0.05, 0) is 119 Å². The van der Waals surface area contributed by atoms with Crippen LogP contribution in [0.2, 0.25) is 0 Å². The maximum Gasteiger partial charge on any atom is 0.324 e. The fraction of sp³-hybridized carbons (Fsp3) is 0.642. The van der Waals surface area contributed by atoms with Gasteiger partial charge in [-0.25, -0.2) is 5.43 Å². The number of aromatic nitrogens is 2. The molecule has 1 unspecified atom stereocenters. The van der Waals surface area contributed by atoms with Gasteiger partial charge in [0.05, 0.1) is 36.7 Å². The van der Waals surface area contributed by atoms with E-state index in [4.69, 9.17) is 19.2 Å². The number of likely N-dealkylation sites (tertiary alicyclic amines) is 2. The molecular weight excluding hydrogens is 861 g/mol. The van der Waals surface area contributed by atoms with E-state index in [0.717, 1.165) is 111 Å². The van der Waals surface area contributed by atoms with E-state index >= 15 is 4.79 Å². The summed E-state index contributed by atoms with van der Waals surface area (Å²) in [4.78, 5) is 68.6. The number of cyclic esters (lactones) is 1. The number of rotatable bonds is 9. The lowest BCUT2D eigenvalue weighted by Crippen LogP contribution is -2.63. The third-order valence-electron chi connectivity index (χ3n) is 16.3. The first-order chi connectivity index (χ1) is 32.8. The summed E-state index contributed by atoms with van der Waals surface area (Å²) < 4.78 is 19.8. The van der Waals surface area contributed by atoms with E-state index in [0.29, 0.717) is 52.0 Å². The fourth-order valence-corrected chi connectivity index (χ4v) is 12.6. The predicted molar refractivity (Wildman–Crippen MR) is 259 cm³/mol. The number of pyridine rings is 1. The molecule has 8 heterocycles. The average molecular weight is 933 g/mol. The van der Waals surface area contributed by atoms with Crippen molar-refractivity contribution in [3.05, 3.63) is 59.4 Å². The van der Waals surface area contributed by atoms with Crippen molar-refractivity contribution >= 4 is 40.2 Å². The molecule has 0 radical (unpaired) electrons. The monoisotopic (exact) mass is 933 g/mol. The Balaban J connectivity index is 0.977. The second kappa shape index (κ2) is 19.3. The van der Waals surface area contributed by atoms with Crippen LogP contribution in [0.1, 0.15) is 108 Å². The van der Waals surface area contributed by atoms with Crippen molar-refractivity contribution in [3.63, 3.8) is 0 Å². The van der Waals surface area contributed by atoms with Crippen molar-refractivity contribution in [2.45, 2.75) is 129 Å². The summed E-state index contributed by atoms with van der Waals surface area (Å²) in [5.74, 6) is -0.429. The van der Waals surface area contributed by atoms with E-state index in [1.54, 1.807) is 12.1 Å². The van der Waals surface area contributed by atoms with Crippen LogP contribution in [-0.2, 0) is 46.4 Å². The summed E-state index contributed by atoms with van der Waals surface area (Å²) in [5, 5.41) is 6.11. The molecule has 3 aromatic rings.